The second kappa shape index (κ2) is 6.66. The largest absolute Gasteiger partial charge is 0.326 e. The van der Waals surface area contributed by atoms with Gasteiger partial charge in [0.2, 0.25) is 5.91 Å². The molecule has 24 heavy (non-hydrogen) atoms. The summed E-state index contributed by atoms with van der Waals surface area (Å²) in [6.45, 7) is 3.91. The lowest BCUT2D eigenvalue weighted by molar-refractivity contribution is -0.114. The van der Waals surface area contributed by atoms with Gasteiger partial charge in [-0.15, -0.1) is 0 Å². The van der Waals surface area contributed by atoms with Crippen molar-refractivity contribution in [3.63, 3.8) is 0 Å². The summed E-state index contributed by atoms with van der Waals surface area (Å²) in [4.78, 5) is 28.8. The number of fused-ring (bicyclic) bond motifs is 1. The van der Waals surface area contributed by atoms with Gasteiger partial charge in [-0.25, -0.2) is 4.98 Å². The molecular formula is C19H19N3O2. The Labute approximate surface area is 140 Å². The Hall–Kier alpha value is -2.95. The van der Waals surface area contributed by atoms with Crippen LogP contribution in [0.15, 0.2) is 53.3 Å². The van der Waals surface area contributed by atoms with Gasteiger partial charge < -0.3 is 5.32 Å². The van der Waals surface area contributed by atoms with Crippen molar-refractivity contribution < 1.29 is 4.79 Å². The topological polar surface area (TPSA) is 64.0 Å². The van der Waals surface area contributed by atoms with Crippen LogP contribution >= 0.6 is 0 Å². The van der Waals surface area contributed by atoms with Crippen LogP contribution in [-0.2, 0) is 17.8 Å². The molecule has 0 aliphatic rings. The molecule has 0 aliphatic heterocycles. The van der Waals surface area contributed by atoms with Gasteiger partial charge >= 0.3 is 0 Å². The Kier molecular flexibility index (Phi) is 4.42. The molecule has 5 nitrogen and oxygen atoms in total. The summed E-state index contributed by atoms with van der Waals surface area (Å²) in [7, 11) is 0. The molecule has 0 spiro atoms. The van der Waals surface area contributed by atoms with Crippen LogP contribution in [0.5, 0.6) is 0 Å². The lowest BCUT2D eigenvalue weighted by atomic mass is 10.2. The van der Waals surface area contributed by atoms with Crippen LogP contribution in [0, 0.1) is 0 Å². The highest BCUT2D eigenvalue weighted by atomic mass is 16.1. The average molecular weight is 321 g/mol. The average Bonchev–Trinajstić information content (AvgIpc) is 2.58. The summed E-state index contributed by atoms with van der Waals surface area (Å²) in [5, 5.41) is 3.22. The summed E-state index contributed by atoms with van der Waals surface area (Å²) < 4.78 is 1.70. The van der Waals surface area contributed by atoms with Crippen molar-refractivity contribution >= 4 is 22.5 Å². The highest BCUT2D eigenvalue weighted by Gasteiger charge is 2.11. The van der Waals surface area contributed by atoms with Gasteiger partial charge in [-0.1, -0.05) is 37.3 Å². The minimum Gasteiger partial charge on any atom is -0.326 e. The van der Waals surface area contributed by atoms with Crippen molar-refractivity contribution in [3.05, 3.63) is 70.3 Å². The Morgan fingerprint density at radius 2 is 1.92 bits per heavy atom. The molecule has 1 N–H and O–H groups in total. The Morgan fingerprint density at radius 1 is 1.17 bits per heavy atom. The van der Waals surface area contributed by atoms with Crippen molar-refractivity contribution in [1.82, 2.24) is 9.55 Å². The minimum atomic E-state index is -0.169. The van der Waals surface area contributed by atoms with E-state index in [1.807, 2.05) is 37.3 Å². The third-order valence-corrected chi connectivity index (χ3v) is 3.85. The van der Waals surface area contributed by atoms with E-state index >= 15 is 0 Å². The summed E-state index contributed by atoms with van der Waals surface area (Å²) >= 11 is 0. The first-order valence-electron chi connectivity index (χ1n) is 7.93. The highest BCUT2D eigenvalue weighted by Crippen LogP contribution is 2.16. The van der Waals surface area contributed by atoms with Crippen molar-refractivity contribution in [2.75, 3.05) is 5.32 Å². The van der Waals surface area contributed by atoms with Gasteiger partial charge in [-0.05, 0) is 23.8 Å². The predicted molar refractivity (Wildman–Crippen MR) is 95.2 cm³/mol. The molecule has 122 valence electrons. The normalized spacial score (nSPS) is 10.8. The maximum absolute atomic E-state index is 13.0. The zero-order valence-corrected chi connectivity index (χ0v) is 13.7. The molecule has 1 heterocycles. The van der Waals surface area contributed by atoms with Gasteiger partial charge in [0.25, 0.3) is 5.56 Å². The number of anilines is 1. The molecule has 0 bridgehead atoms. The predicted octanol–water partition coefficient (Wildman–Crippen LogP) is 2.97. The van der Waals surface area contributed by atoms with E-state index in [1.165, 1.54) is 6.92 Å². The molecule has 0 atom stereocenters. The third kappa shape index (κ3) is 3.20. The van der Waals surface area contributed by atoms with Crippen LogP contribution < -0.4 is 10.9 Å². The van der Waals surface area contributed by atoms with E-state index in [0.29, 0.717) is 29.6 Å². The summed E-state index contributed by atoms with van der Waals surface area (Å²) in [6.07, 6.45) is 0.672. The number of carbonyl (C=O) groups excluding carboxylic acids is 1. The van der Waals surface area contributed by atoms with E-state index in [4.69, 9.17) is 0 Å². The minimum absolute atomic E-state index is 0.0899. The number of nitrogens with zero attached hydrogens (tertiary/aromatic N) is 2. The fourth-order valence-corrected chi connectivity index (χ4v) is 2.75. The van der Waals surface area contributed by atoms with Gasteiger partial charge in [0, 0.05) is 19.0 Å². The van der Waals surface area contributed by atoms with Gasteiger partial charge in [0.1, 0.15) is 5.82 Å². The quantitative estimate of drug-likeness (QED) is 0.803. The number of carbonyl (C=O) groups is 1. The zero-order chi connectivity index (χ0) is 17.1. The van der Waals surface area contributed by atoms with Gasteiger partial charge in [-0.3, -0.25) is 14.2 Å². The molecule has 5 heteroatoms. The van der Waals surface area contributed by atoms with Crippen molar-refractivity contribution in [3.8, 4) is 0 Å². The van der Waals surface area contributed by atoms with E-state index < -0.39 is 0 Å². The van der Waals surface area contributed by atoms with E-state index in [1.54, 1.807) is 22.8 Å². The maximum Gasteiger partial charge on any atom is 0.261 e. The summed E-state index contributed by atoms with van der Waals surface area (Å²) in [6, 6.07) is 15.1. The fourth-order valence-electron chi connectivity index (χ4n) is 2.75. The SMILES string of the molecule is CCc1nc2ccc(NC(C)=O)cc2c(=O)n1Cc1ccccc1. The first-order chi connectivity index (χ1) is 11.6. The molecule has 1 amide bonds. The lowest BCUT2D eigenvalue weighted by Gasteiger charge is -2.13. The Bertz CT molecular complexity index is 946. The third-order valence-electron chi connectivity index (χ3n) is 3.85. The molecule has 0 radical (unpaired) electrons. The summed E-state index contributed by atoms with van der Waals surface area (Å²) in [5.41, 5.74) is 2.21. The van der Waals surface area contributed by atoms with Crippen LogP contribution in [0.2, 0.25) is 0 Å². The van der Waals surface area contributed by atoms with E-state index in [-0.39, 0.29) is 11.5 Å². The van der Waals surface area contributed by atoms with E-state index in [2.05, 4.69) is 10.3 Å². The molecule has 0 saturated carbocycles. The van der Waals surface area contributed by atoms with Crippen molar-refractivity contribution in [2.24, 2.45) is 0 Å². The molecule has 0 fully saturated rings. The molecule has 3 rings (SSSR count). The number of nitrogens with one attached hydrogen (secondary N) is 1. The van der Waals surface area contributed by atoms with Crippen LogP contribution in [0.1, 0.15) is 25.2 Å². The fraction of sp³-hybridized carbons (Fsp3) is 0.211. The first-order valence-corrected chi connectivity index (χ1v) is 7.93. The second-order valence-electron chi connectivity index (χ2n) is 5.67. The Balaban J connectivity index is 2.14. The zero-order valence-electron chi connectivity index (χ0n) is 13.7. The standard InChI is InChI=1S/C19H19N3O2/c1-3-18-21-17-10-9-15(20-13(2)23)11-16(17)19(24)22(18)12-14-7-5-4-6-8-14/h4-11H,3,12H2,1-2H3,(H,20,23). The molecule has 0 saturated heterocycles. The molecule has 2 aromatic carbocycles. The van der Waals surface area contributed by atoms with Crippen molar-refractivity contribution in [1.29, 1.82) is 0 Å². The molecule has 0 aliphatic carbocycles. The van der Waals surface area contributed by atoms with E-state index in [9.17, 15) is 9.59 Å². The van der Waals surface area contributed by atoms with Crippen LogP contribution in [-0.4, -0.2) is 15.5 Å². The van der Waals surface area contributed by atoms with Gasteiger partial charge in [-0.2, -0.15) is 0 Å². The molecule has 1 aromatic heterocycles. The van der Waals surface area contributed by atoms with Crippen LogP contribution in [0.25, 0.3) is 10.9 Å². The second-order valence-corrected chi connectivity index (χ2v) is 5.67. The number of aromatic nitrogens is 2. The van der Waals surface area contributed by atoms with Gasteiger partial charge in [0.05, 0.1) is 17.4 Å². The first kappa shape index (κ1) is 15.9. The Morgan fingerprint density at radius 3 is 2.58 bits per heavy atom. The van der Waals surface area contributed by atoms with Crippen LogP contribution in [0.3, 0.4) is 0 Å². The lowest BCUT2D eigenvalue weighted by Crippen LogP contribution is -2.26. The number of rotatable bonds is 4. The molecule has 3 aromatic rings. The number of aryl methyl sites for hydroxylation is 1. The highest BCUT2D eigenvalue weighted by molar-refractivity contribution is 5.92. The molecule has 0 unspecified atom stereocenters. The monoisotopic (exact) mass is 321 g/mol. The van der Waals surface area contributed by atoms with Crippen LogP contribution in [0.4, 0.5) is 5.69 Å². The van der Waals surface area contributed by atoms with Gasteiger partial charge in [0.15, 0.2) is 0 Å². The number of benzene rings is 2. The number of hydrogen-bond donors (Lipinski definition) is 1. The smallest absolute Gasteiger partial charge is 0.261 e. The maximum atomic E-state index is 13.0. The summed E-state index contributed by atoms with van der Waals surface area (Å²) in [5.74, 6) is 0.584. The molecular weight excluding hydrogens is 302 g/mol. The van der Waals surface area contributed by atoms with E-state index in [0.717, 1.165) is 11.4 Å². The number of hydrogen-bond acceptors (Lipinski definition) is 3. The number of amides is 1. The van der Waals surface area contributed by atoms with Crippen molar-refractivity contribution in [2.45, 2.75) is 26.8 Å².